The van der Waals surface area contributed by atoms with Crippen molar-refractivity contribution < 1.29 is 4.79 Å². The first-order chi connectivity index (χ1) is 8.16. The zero-order valence-corrected chi connectivity index (χ0v) is 8.81. The minimum Gasteiger partial charge on any atom is -0.396 e. The number of pyridine rings is 2. The molecule has 2 aromatic heterocycles. The van der Waals surface area contributed by atoms with E-state index in [-0.39, 0.29) is 11.1 Å². The summed E-state index contributed by atoms with van der Waals surface area (Å²) in [5, 5.41) is 2.60. The van der Waals surface area contributed by atoms with Crippen LogP contribution in [0.15, 0.2) is 41.6 Å². The van der Waals surface area contributed by atoms with Crippen LogP contribution in [0.1, 0.15) is 10.4 Å². The van der Waals surface area contributed by atoms with Crippen molar-refractivity contribution in [2.75, 3.05) is 11.1 Å². The van der Waals surface area contributed by atoms with Crippen LogP contribution in [0.5, 0.6) is 0 Å². The maximum atomic E-state index is 11.8. The number of carbonyl (C=O) groups excluding carboxylic acids is 1. The SMILES string of the molecule is Nc1cnccc1NC(=O)c1cc[nH]c(=O)c1. The lowest BCUT2D eigenvalue weighted by atomic mass is 10.2. The molecule has 86 valence electrons. The van der Waals surface area contributed by atoms with Gasteiger partial charge in [-0.05, 0) is 12.1 Å². The highest BCUT2D eigenvalue weighted by Crippen LogP contribution is 2.15. The maximum Gasteiger partial charge on any atom is 0.255 e. The number of rotatable bonds is 2. The number of H-pyrrole nitrogens is 1. The topological polar surface area (TPSA) is 101 Å². The highest BCUT2D eigenvalue weighted by Gasteiger charge is 2.07. The number of nitrogen functional groups attached to an aromatic ring is 1. The van der Waals surface area contributed by atoms with Crippen molar-refractivity contribution in [3.05, 3.63) is 52.7 Å². The van der Waals surface area contributed by atoms with Gasteiger partial charge in [0.1, 0.15) is 0 Å². The van der Waals surface area contributed by atoms with Crippen molar-refractivity contribution in [3.8, 4) is 0 Å². The zero-order chi connectivity index (χ0) is 12.3. The summed E-state index contributed by atoms with van der Waals surface area (Å²) in [6, 6.07) is 4.31. The van der Waals surface area contributed by atoms with Crippen molar-refractivity contribution in [1.29, 1.82) is 0 Å². The first kappa shape index (κ1) is 10.9. The molecule has 0 saturated carbocycles. The summed E-state index contributed by atoms with van der Waals surface area (Å²) >= 11 is 0. The van der Waals surface area contributed by atoms with Gasteiger partial charge in [-0.3, -0.25) is 14.6 Å². The molecule has 6 heteroatoms. The number of aromatic amines is 1. The molecule has 17 heavy (non-hydrogen) atoms. The van der Waals surface area contributed by atoms with Crippen LogP contribution in [-0.4, -0.2) is 15.9 Å². The van der Waals surface area contributed by atoms with E-state index in [0.717, 1.165) is 0 Å². The lowest BCUT2D eigenvalue weighted by Gasteiger charge is -2.06. The number of amides is 1. The maximum absolute atomic E-state index is 11.8. The van der Waals surface area contributed by atoms with Crippen molar-refractivity contribution in [1.82, 2.24) is 9.97 Å². The monoisotopic (exact) mass is 230 g/mol. The van der Waals surface area contributed by atoms with E-state index in [9.17, 15) is 9.59 Å². The van der Waals surface area contributed by atoms with Gasteiger partial charge in [0.15, 0.2) is 0 Å². The molecule has 0 bridgehead atoms. The first-order valence-electron chi connectivity index (χ1n) is 4.86. The van der Waals surface area contributed by atoms with E-state index in [4.69, 9.17) is 5.73 Å². The molecule has 0 saturated heterocycles. The summed E-state index contributed by atoms with van der Waals surface area (Å²) in [6.45, 7) is 0. The molecule has 0 atom stereocenters. The van der Waals surface area contributed by atoms with Gasteiger partial charge >= 0.3 is 0 Å². The Balaban J connectivity index is 2.23. The van der Waals surface area contributed by atoms with Crippen molar-refractivity contribution in [2.45, 2.75) is 0 Å². The third kappa shape index (κ3) is 2.49. The molecule has 6 nitrogen and oxygen atoms in total. The average molecular weight is 230 g/mol. The van der Waals surface area contributed by atoms with Gasteiger partial charge in [-0.2, -0.15) is 0 Å². The lowest BCUT2D eigenvalue weighted by Crippen LogP contribution is -2.16. The van der Waals surface area contributed by atoms with Gasteiger partial charge in [0.05, 0.1) is 17.6 Å². The summed E-state index contributed by atoms with van der Waals surface area (Å²) in [6.07, 6.45) is 4.37. The molecule has 2 heterocycles. The highest BCUT2D eigenvalue weighted by atomic mass is 16.2. The fourth-order valence-electron chi connectivity index (χ4n) is 1.30. The van der Waals surface area contributed by atoms with Gasteiger partial charge in [-0.25, -0.2) is 0 Å². The normalized spacial score (nSPS) is 9.88. The predicted octanol–water partition coefficient (Wildman–Crippen LogP) is 0.604. The molecule has 0 fully saturated rings. The number of carbonyl (C=O) groups is 1. The van der Waals surface area contributed by atoms with E-state index < -0.39 is 5.91 Å². The van der Waals surface area contributed by atoms with E-state index in [1.807, 2.05) is 0 Å². The molecule has 1 amide bonds. The van der Waals surface area contributed by atoms with E-state index in [2.05, 4.69) is 15.3 Å². The Labute approximate surface area is 96.5 Å². The van der Waals surface area contributed by atoms with Crippen LogP contribution < -0.4 is 16.6 Å². The van der Waals surface area contributed by atoms with Gasteiger partial charge in [0, 0.05) is 24.0 Å². The van der Waals surface area contributed by atoms with Gasteiger partial charge in [-0.15, -0.1) is 0 Å². The summed E-state index contributed by atoms with van der Waals surface area (Å²) in [5.74, 6) is -0.394. The second kappa shape index (κ2) is 4.48. The number of anilines is 2. The van der Waals surface area contributed by atoms with Crippen LogP contribution in [0.4, 0.5) is 11.4 Å². The van der Waals surface area contributed by atoms with Crippen LogP contribution in [0.3, 0.4) is 0 Å². The number of aromatic nitrogens is 2. The molecule has 2 aromatic rings. The summed E-state index contributed by atoms with van der Waals surface area (Å²) in [7, 11) is 0. The number of hydrogen-bond donors (Lipinski definition) is 3. The van der Waals surface area contributed by atoms with E-state index in [1.54, 1.807) is 6.07 Å². The van der Waals surface area contributed by atoms with Crippen molar-refractivity contribution in [2.24, 2.45) is 0 Å². The van der Waals surface area contributed by atoms with Crippen LogP contribution in [0.2, 0.25) is 0 Å². The van der Waals surface area contributed by atoms with Gasteiger partial charge < -0.3 is 16.0 Å². The number of nitrogens with zero attached hydrogens (tertiary/aromatic N) is 1. The predicted molar refractivity (Wildman–Crippen MR) is 63.7 cm³/mol. The Morgan fingerprint density at radius 3 is 2.94 bits per heavy atom. The fourth-order valence-corrected chi connectivity index (χ4v) is 1.30. The fraction of sp³-hybridized carbons (Fsp3) is 0. The van der Waals surface area contributed by atoms with E-state index in [1.165, 1.54) is 30.7 Å². The number of nitrogens with two attached hydrogens (primary N) is 1. The standard InChI is InChI=1S/C11H10N4O2/c12-8-6-13-3-2-9(8)15-11(17)7-1-4-14-10(16)5-7/h1-6H,12H2,(H,14,16)(H,13,15,17). The van der Waals surface area contributed by atoms with Crippen LogP contribution in [-0.2, 0) is 0 Å². The first-order valence-corrected chi connectivity index (χ1v) is 4.86. The average Bonchev–Trinajstić information content (AvgIpc) is 2.32. The van der Waals surface area contributed by atoms with Crippen LogP contribution in [0.25, 0.3) is 0 Å². The Kier molecular flexibility index (Phi) is 2.87. The third-order valence-corrected chi connectivity index (χ3v) is 2.14. The largest absolute Gasteiger partial charge is 0.396 e. The Morgan fingerprint density at radius 2 is 2.24 bits per heavy atom. The highest BCUT2D eigenvalue weighted by molar-refractivity contribution is 6.05. The van der Waals surface area contributed by atoms with Crippen molar-refractivity contribution >= 4 is 17.3 Å². The Morgan fingerprint density at radius 1 is 1.41 bits per heavy atom. The van der Waals surface area contributed by atoms with Gasteiger partial charge in [0.25, 0.3) is 5.91 Å². The summed E-state index contributed by atoms with van der Waals surface area (Å²) < 4.78 is 0. The molecule has 4 N–H and O–H groups in total. The number of nitrogens with one attached hydrogen (secondary N) is 2. The van der Waals surface area contributed by atoms with Crippen molar-refractivity contribution in [3.63, 3.8) is 0 Å². The molecule has 2 rings (SSSR count). The molecule has 0 aliphatic heterocycles. The molecule has 0 aromatic carbocycles. The Bertz CT molecular complexity index is 606. The second-order valence-corrected chi connectivity index (χ2v) is 3.36. The van der Waals surface area contributed by atoms with Crippen LogP contribution >= 0.6 is 0 Å². The molecule has 0 aliphatic rings. The number of hydrogen-bond acceptors (Lipinski definition) is 4. The second-order valence-electron chi connectivity index (χ2n) is 3.36. The molecule has 0 unspecified atom stereocenters. The quantitative estimate of drug-likeness (QED) is 0.703. The molecular weight excluding hydrogens is 220 g/mol. The molecule has 0 radical (unpaired) electrons. The van der Waals surface area contributed by atoms with E-state index >= 15 is 0 Å². The third-order valence-electron chi connectivity index (χ3n) is 2.14. The molecule has 0 spiro atoms. The smallest absolute Gasteiger partial charge is 0.255 e. The summed E-state index contributed by atoms with van der Waals surface area (Å²) in [4.78, 5) is 29.1. The minimum absolute atomic E-state index is 0.268. The molecule has 0 aliphatic carbocycles. The summed E-state index contributed by atoms with van der Waals surface area (Å²) in [5.41, 5.74) is 6.40. The Hall–Kier alpha value is -2.63. The minimum atomic E-state index is -0.394. The van der Waals surface area contributed by atoms with Gasteiger partial charge in [0.2, 0.25) is 5.56 Å². The molecular formula is C11H10N4O2. The van der Waals surface area contributed by atoms with Gasteiger partial charge in [-0.1, -0.05) is 0 Å². The lowest BCUT2D eigenvalue weighted by molar-refractivity contribution is 0.102. The van der Waals surface area contributed by atoms with E-state index in [0.29, 0.717) is 11.4 Å². The van der Waals surface area contributed by atoms with Crippen LogP contribution in [0, 0.1) is 0 Å². The zero-order valence-electron chi connectivity index (χ0n) is 8.81.